The molecule has 140 valence electrons. The van der Waals surface area contributed by atoms with Gasteiger partial charge in [-0.2, -0.15) is 0 Å². The zero-order valence-electron chi connectivity index (χ0n) is 15.3. The number of carbonyl (C=O) groups excluding carboxylic acids is 4. The molecule has 2 fully saturated rings. The predicted octanol–water partition coefficient (Wildman–Crippen LogP) is 0.897. The van der Waals surface area contributed by atoms with Crippen molar-refractivity contribution >= 4 is 23.8 Å². The molecule has 0 aromatic heterocycles. The average molecular weight is 353 g/mol. The maximum Gasteiger partial charge on any atom is 0.410 e. The molecule has 8 nitrogen and oxygen atoms in total. The molecule has 0 radical (unpaired) electrons. The van der Waals surface area contributed by atoms with Crippen molar-refractivity contribution in [2.45, 2.75) is 58.1 Å². The predicted molar refractivity (Wildman–Crippen MR) is 89.5 cm³/mol. The Bertz CT molecular complexity index is 561. The van der Waals surface area contributed by atoms with Crippen molar-refractivity contribution in [1.29, 1.82) is 0 Å². The number of carbonyl (C=O) groups is 4. The highest BCUT2D eigenvalue weighted by atomic mass is 16.6. The molecule has 8 heteroatoms. The Kier molecular flexibility index (Phi) is 5.69. The first-order valence-electron chi connectivity index (χ1n) is 8.67. The van der Waals surface area contributed by atoms with Crippen molar-refractivity contribution in [2.75, 3.05) is 20.1 Å². The molecule has 2 heterocycles. The van der Waals surface area contributed by atoms with Crippen molar-refractivity contribution < 1.29 is 23.9 Å². The lowest BCUT2D eigenvalue weighted by molar-refractivity contribution is -0.147. The molecule has 2 rings (SSSR count). The Labute approximate surface area is 147 Å². The minimum atomic E-state index is -0.603. The van der Waals surface area contributed by atoms with Gasteiger partial charge < -0.3 is 14.5 Å². The first-order chi connectivity index (χ1) is 11.6. The van der Waals surface area contributed by atoms with E-state index in [4.69, 9.17) is 4.74 Å². The number of nitrogens with zero attached hydrogens (tertiary/aromatic N) is 2. The maximum atomic E-state index is 12.7. The van der Waals surface area contributed by atoms with Crippen LogP contribution in [0.1, 0.15) is 46.5 Å². The fraction of sp³-hybridized carbons (Fsp3) is 0.765. The van der Waals surface area contributed by atoms with Crippen molar-refractivity contribution in [3.8, 4) is 0 Å². The lowest BCUT2D eigenvalue weighted by Crippen LogP contribution is -2.54. The van der Waals surface area contributed by atoms with E-state index in [9.17, 15) is 19.2 Å². The minimum absolute atomic E-state index is 0.113. The van der Waals surface area contributed by atoms with E-state index in [2.05, 4.69) is 5.32 Å². The fourth-order valence-electron chi connectivity index (χ4n) is 3.13. The first-order valence-corrected chi connectivity index (χ1v) is 8.67. The Morgan fingerprint density at radius 1 is 1.16 bits per heavy atom. The van der Waals surface area contributed by atoms with E-state index in [1.807, 2.05) is 20.8 Å². The molecule has 4 amide bonds. The molecule has 2 saturated heterocycles. The van der Waals surface area contributed by atoms with Gasteiger partial charge >= 0.3 is 6.09 Å². The lowest BCUT2D eigenvalue weighted by atomic mass is 9.94. The van der Waals surface area contributed by atoms with E-state index < -0.39 is 17.6 Å². The van der Waals surface area contributed by atoms with Crippen LogP contribution in [0.2, 0.25) is 0 Å². The van der Waals surface area contributed by atoms with Gasteiger partial charge in [0.05, 0.1) is 0 Å². The first kappa shape index (κ1) is 19.2. The second-order valence-electron chi connectivity index (χ2n) is 7.66. The summed E-state index contributed by atoms with van der Waals surface area (Å²) in [4.78, 5) is 50.9. The molecule has 2 aliphatic heterocycles. The Morgan fingerprint density at radius 3 is 2.28 bits per heavy atom. The molecule has 0 aromatic rings. The zero-order chi connectivity index (χ0) is 18.8. The van der Waals surface area contributed by atoms with E-state index in [-0.39, 0.29) is 30.2 Å². The summed E-state index contributed by atoms with van der Waals surface area (Å²) < 4.78 is 5.35. The summed E-state index contributed by atoms with van der Waals surface area (Å²) in [5.74, 6) is -1.06. The molecular formula is C17H27N3O5. The second-order valence-corrected chi connectivity index (χ2v) is 7.66. The number of nitrogens with one attached hydrogen (secondary N) is 1. The van der Waals surface area contributed by atoms with Gasteiger partial charge in [-0.25, -0.2) is 4.79 Å². The van der Waals surface area contributed by atoms with Crippen LogP contribution in [0.5, 0.6) is 0 Å². The number of hydrogen-bond donors (Lipinski definition) is 1. The van der Waals surface area contributed by atoms with Gasteiger partial charge in [-0.1, -0.05) is 0 Å². The molecule has 0 aromatic carbocycles. The number of likely N-dealkylation sites (tertiary alicyclic amines) is 1. The molecule has 1 unspecified atom stereocenters. The Morgan fingerprint density at radius 2 is 1.76 bits per heavy atom. The van der Waals surface area contributed by atoms with Crippen LogP contribution in [0.15, 0.2) is 0 Å². The van der Waals surface area contributed by atoms with Crippen LogP contribution in [0, 0.1) is 5.92 Å². The summed E-state index contributed by atoms with van der Waals surface area (Å²) in [6.07, 6.45) is 1.30. The quantitative estimate of drug-likeness (QED) is 0.744. The van der Waals surface area contributed by atoms with Crippen LogP contribution >= 0.6 is 0 Å². The summed E-state index contributed by atoms with van der Waals surface area (Å²) in [5.41, 5.74) is -0.546. The Hall–Kier alpha value is -2.12. The summed E-state index contributed by atoms with van der Waals surface area (Å²) in [6.45, 7) is 6.35. The highest BCUT2D eigenvalue weighted by Gasteiger charge is 2.36. The number of amides is 4. The molecule has 0 saturated carbocycles. The lowest BCUT2D eigenvalue weighted by Gasteiger charge is -2.36. The molecule has 1 atom stereocenters. The third kappa shape index (κ3) is 4.93. The number of piperidine rings is 2. The molecular weight excluding hydrogens is 326 g/mol. The van der Waals surface area contributed by atoms with Gasteiger partial charge in [0.25, 0.3) is 0 Å². The standard InChI is InChI=1S/C17H27N3O5/c1-17(2,3)25-16(24)20-9-7-11(8-10-20)15(23)19(4)12-5-6-13(21)18-14(12)22/h11-12H,5-10H2,1-4H3,(H,18,21,22). The van der Waals surface area contributed by atoms with Crippen LogP contribution < -0.4 is 5.32 Å². The number of imide groups is 1. The summed E-state index contributed by atoms with van der Waals surface area (Å²) in [5, 5.41) is 2.27. The average Bonchev–Trinajstić information content (AvgIpc) is 2.52. The van der Waals surface area contributed by atoms with Crippen LogP contribution in [0.3, 0.4) is 0 Å². The van der Waals surface area contributed by atoms with Gasteiger partial charge in [-0.05, 0) is 40.0 Å². The van der Waals surface area contributed by atoms with Gasteiger partial charge in [0.2, 0.25) is 17.7 Å². The molecule has 0 aliphatic carbocycles. The molecule has 2 aliphatic rings. The van der Waals surface area contributed by atoms with E-state index in [1.54, 1.807) is 11.9 Å². The molecule has 1 N–H and O–H groups in total. The third-order valence-corrected chi connectivity index (χ3v) is 4.52. The normalized spacial score (nSPS) is 22.4. The minimum Gasteiger partial charge on any atom is -0.444 e. The van der Waals surface area contributed by atoms with Gasteiger partial charge in [0, 0.05) is 32.5 Å². The van der Waals surface area contributed by atoms with Crippen LogP contribution in [-0.2, 0) is 19.1 Å². The molecule has 25 heavy (non-hydrogen) atoms. The summed E-state index contributed by atoms with van der Waals surface area (Å²) in [7, 11) is 1.60. The van der Waals surface area contributed by atoms with Gasteiger partial charge in [0.15, 0.2) is 0 Å². The fourth-order valence-corrected chi connectivity index (χ4v) is 3.13. The third-order valence-electron chi connectivity index (χ3n) is 4.52. The van der Waals surface area contributed by atoms with E-state index >= 15 is 0 Å². The largest absolute Gasteiger partial charge is 0.444 e. The van der Waals surface area contributed by atoms with Gasteiger partial charge in [0.1, 0.15) is 11.6 Å². The monoisotopic (exact) mass is 353 g/mol. The highest BCUT2D eigenvalue weighted by Crippen LogP contribution is 2.23. The highest BCUT2D eigenvalue weighted by molar-refractivity contribution is 6.01. The summed E-state index contributed by atoms with van der Waals surface area (Å²) in [6, 6.07) is -0.603. The summed E-state index contributed by atoms with van der Waals surface area (Å²) >= 11 is 0. The van der Waals surface area contributed by atoms with Crippen molar-refractivity contribution in [3.63, 3.8) is 0 Å². The number of ether oxygens (including phenoxy) is 1. The molecule has 0 bridgehead atoms. The van der Waals surface area contributed by atoms with Crippen LogP contribution in [-0.4, -0.2) is 65.4 Å². The second kappa shape index (κ2) is 7.41. The maximum absolute atomic E-state index is 12.7. The number of rotatable bonds is 2. The van der Waals surface area contributed by atoms with Crippen molar-refractivity contribution in [3.05, 3.63) is 0 Å². The van der Waals surface area contributed by atoms with E-state index in [0.29, 0.717) is 32.4 Å². The van der Waals surface area contributed by atoms with Crippen LogP contribution in [0.25, 0.3) is 0 Å². The number of hydrogen-bond acceptors (Lipinski definition) is 5. The van der Waals surface area contributed by atoms with E-state index in [1.165, 1.54) is 4.90 Å². The number of likely N-dealkylation sites (N-methyl/N-ethyl adjacent to an activating group) is 1. The van der Waals surface area contributed by atoms with Gasteiger partial charge in [-0.15, -0.1) is 0 Å². The van der Waals surface area contributed by atoms with Gasteiger partial charge in [-0.3, -0.25) is 19.7 Å². The topological polar surface area (TPSA) is 96.0 Å². The zero-order valence-corrected chi connectivity index (χ0v) is 15.3. The van der Waals surface area contributed by atoms with Crippen LogP contribution in [0.4, 0.5) is 4.79 Å². The molecule has 0 spiro atoms. The smallest absolute Gasteiger partial charge is 0.410 e. The van der Waals surface area contributed by atoms with E-state index in [0.717, 1.165) is 0 Å². The van der Waals surface area contributed by atoms with Crippen molar-refractivity contribution in [1.82, 2.24) is 15.1 Å². The Balaban J connectivity index is 1.87. The van der Waals surface area contributed by atoms with Crippen molar-refractivity contribution in [2.24, 2.45) is 5.92 Å². The SMILES string of the molecule is CN(C(=O)C1CCN(C(=O)OC(C)(C)C)CC1)C1CCC(=O)NC1=O.